The van der Waals surface area contributed by atoms with Crippen molar-refractivity contribution in [1.82, 2.24) is 10.3 Å². The predicted molar refractivity (Wildman–Crippen MR) is 172 cm³/mol. The minimum atomic E-state index is -0.731. The maximum absolute atomic E-state index is 14.2. The van der Waals surface area contributed by atoms with Gasteiger partial charge >= 0.3 is 5.97 Å². The number of anilines is 1. The molecule has 5 rings (SSSR count). The number of esters is 1. The Morgan fingerprint density at radius 3 is 2.45 bits per heavy atom. The molecule has 0 spiro atoms. The first-order valence-electron chi connectivity index (χ1n) is 14.5. The Morgan fingerprint density at radius 1 is 1.02 bits per heavy atom. The molecule has 3 heterocycles. The topological polar surface area (TPSA) is 133 Å². The van der Waals surface area contributed by atoms with Crippen molar-refractivity contribution in [2.24, 2.45) is 11.7 Å². The summed E-state index contributed by atoms with van der Waals surface area (Å²) in [7, 11) is 1.25. The number of nitrogens with zero attached hydrogens (tertiary/aromatic N) is 1. The van der Waals surface area contributed by atoms with Gasteiger partial charge < -0.3 is 25.8 Å². The zero-order valence-corrected chi connectivity index (χ0v) is 26.3. The summed E-state index contributed by atoms with van der Waals surface area (Å²) in [5, 5.41) is 7.96. The smallest absolute Gasteiger partial charge is 0.357 e. The van der Waals surface area contributed by atoms with E-state index in [4.69, 9.17) is 15.2 Å². The van der Waals surface area contributed by atoms with Gasteiger partial charge in [-0.3, -0.25) is 9.59 Å². The summed E-state index contributed by atoms with van der Waals surface area (Å²) in [5.41, 5.74) is 12.3. The van der Waals surface area contributed by atoms with E-state index in [0.717, 1.165) is 39.1 Å². The summed E-state index contributed by atoms with van der Waals surface area (Å²) in [5.74, 6) is -0.680. The van der Waals surface area contributed by atoms with Gasteiger partial charge in [0.25, 0.3) is 11.8 Å². The molecule has 0 aliphatic carbocycles. The largest absolute Gasteiger partial charge is 0.493 e. The molecule has 0 bridgehead atoms. The molecular formula is C34H36N4O5S. The molecule has 9 nitrogen and oxygen atoms in total. The van der Waals surface area contributed by atoms with Crippen LogP contribution < -0.4 is 21.1 Å². The summed E-state index contributed by atoms with van der Waals surface area (Å²) in [6.07, 6.45) is 0.728. The fourth-order valence-corrected chi connectivity index (χ4v) is 6.30. The normalized spacial score (nSPS) is 12.1. The zero-order valence-electron chi connectivity index (χ0n) is 25.5. The number of hydrogen-bond donors (Lipinski definition) is 3. The van der Waals surface area contributed by atoms with E-state index in [1.807, 2.05) is 51.3 Å². The first kappa shape index (κ1) is 30.9. The highest BCUT2D eigenvalue weighted by atomic mass is 32.1. The lowest BCUT2D eigenvalue weighted by atomic mass is 9.93. The number of carbonyl (C=O) groups is 3. The van der Waals surface area contributed by atoms with Crippen LogP contribution in [0.3, 0.4) is 0 Å². The average molecular weight is 613 g/mol. The third kappa shape index (κ3) is 6.22. The molecule has 10 heteroatoms. The highest BCUT2D eigenvalue weighted by Crippen LogP contribution is 2.43. The summed E-state index contributed by atoms with van der Waals surface area (Å²) in [4.78, 5) is 45.6. The van der Waals surface area contributed by atoms with E-state index < -0.39 is 11.9 Å². The quantitative estimate of drug-likeness (QED) is 0.211. The number of hydrogen-bond acceptors (Lipinski definition) is 8. The molecule has 2 aromatic heterocycles. The van der Waals surface area contributed by atoms with E-state index in [1.165, 1.54) is 7.11 Å². The standard InChI is InChI=1S/C34H36N4O5S/c1-18(2)17-36-33(40)27-7-6-23(30(37-27)34(41)42-5)24-15-28-26(31-22(8-10-43-28)9-11-44-31)14-25(24)32(39)38-29-19(3)12-21(16-35)13-20(29)4/h6-7,9,11-15,18H,8,10,16-17,35H2,1-5H3,(H,36,40)(H,38,39). The Labute approximate surface area is 260 Å². The van der Waals surface area contributed by atoms with Crippen molar-refractivity contribution in [2.45, 2.75) is 40.7 Å². The molecule has 2 aromatic carbocycles. The van der Waals surface area contributed by atoms with Crippen LogP contribution in [0.25, 0.3) is 21.6 Å². The van der Waals surface area contributed by atoms with E-state index in [-0.39, 0.29) is 23.2 Å². The van der Waals surface area contributed by atoms with Crippen molar-refractivity contribution in [3.05, 3.63) is 87.0 Å². The van der Waals surface area contributed by atoms with Crippen molar-refractivity contribution < 1.29 is 23.9 Å². The van der Waals surface area contributed by atoms with Crippen LogP contribution in [-0.4, -0.2) is 43.0 Å². The second kappa shape index (κ2) is 13.0. The van der Waals surface area contributed by atoms with Gasteiger partial charge in [-0.2, -0.15) is 0 Å². The minimum absolute atomic E-state index is 0.0706. The lowest BCUT2D eigenvalue weighted by Crippen LogP contribution is -2.28. The summed E-state index contributed by atoms with van der Waals surface area (Å²) in [6.45, 7) is 9.13. The van der Waals surface area contributed by atoms with Crippen LogP contribution in [-0.2, 0) is 17.7 Å². The van der Waals surface area contributed by atoms with Gasteiger partial charge in [-0.15, -0.1) is 11.3 Å². The van der Waals surface area contributed by atoms with Gasteiger partial charge in [0.05, 0.1) is 13.7 Å². The third-order valence-corrected chi connectivity index (χ3v) is 8.51. The van der Waals surface area contributed by atoms with E-state index in [9.17, 15) is 14.4 Å². The monoisotopic (exact) mass is 612 g/mol. The van der Waals surface area contributed by atoms with Gasteiger partial charge in [0, 0.05) is 52.3 Å². The van der Waals surface area contributed by atoms with Crippen LogP contribution in [0.15, 0.2) is 47.8 Å². The number of benzene rings is 2. The first-order valence-corrected chi connectivity index (χ1v) is 15.4. The number of nitrogens with two attached hydrogens (primary N) is 1. The summed E-state index contributed by atoms with van der Waals surface area (Å²) in [6, 6.07) is 12.7. The molecule has 0 radical (unpaired) electrons. The van der Waals surface area contributed by atoms with Gasteiger partial charge in [-0.1, -0.05) is 26.0 Å². The van der Waals surface area contributed by atoms with Crippen LogP contribution in [0.4, 0.5) is 5.69 Å². The van der Waals surface area contributed by atoms with Crippen LogP contribution in [0.5, 0.6) is 5.75 Å². The van der Waals surface area contributed by atoms with E-state index in [2.05, 4.69) is 21.7 Å². The molecule has 4 N–H and O–H groups in total. The third-order valence-electron chi connectivity index (χ3n) is 7.52. The van der Waals surface area contributed by atoms with Crippen LogP contribution in [0, 0.1) is 19.8 Å². The maximum atomic E-state index is 14.2. The molecule has 0 saturated heterocycles. The molecular weight excluding hydrogens is 576 g/mol. The number of amides is 2. The van der Waals surface area contributed by atoms with Crippen molar-refractivity contribution in [1.29, 1.82) is 0 Å². The highest BCUT2D eigenvalue weighted by Gasteiger charge is 2.27. The number of carbonyl (C=O) groups excluding carboxylic acids is 3. The molecule has 2 amide bonds. The van der Waals surface area contributed by atoms with Crippen LogP contribution >= 0.6 is 11.3 Å². The van der Waals surface area contributed by atoms with Gasteiger partial charge in [0.2, 0.25) is 0 Å². The number of thiophene rings is 1. The van der Waals surface area contributed by atoms with Crippen molar-refractivity contribution in [2.75, 3.05) is 25.6 Å². The van der Waals surface area contributed by atoms with Crippen LogP contribution in [0.1, 0.15) is 67.4 Å². The summed E-state index contributed by atoms with van der Waals surface area (Å²) < 4.78 is 11.2. The van der Waals surface area contributed by atoms with E-state index in [1.54, 1.807) is 29.5 Å². The average Bonchev–Trinajstić information content (AvgIpc) is 3.41. The number of aromatic nitrogens is 1. The van der Waals surface area contributed by atoms with Gasteiger partial charge in [0.15, 0.2) is 5.69 Å². The lowest BCUT2D eigenvalue weighted by Gasteiger charge is -2.19. The fraction of sp³-hybridized carbons (Fsp3) is 0.294. The van der Waals surface area contributed by atoms with E-state index >= 15 is 0 Å². The molecule has 228 valence electrons. The van der Waals surface area contributed by atoms with Crippen molar-refractivity contribution in [3.8, 4) is 27.3 Å². The molecule has 1 aliphatic rings. The Kier molecular flexibility index (Phi) is 9.12. The van der Waals surface area contributed by atoms with Crippen LogP contribution in [0.2, 0.25) is 0 Å². The Morgan fingerprint density at radius 2 is 1.77 bits per heavy atom. The Hall–Kier alpha value is -4.54. The van der Waals surface area contributed by atoms with Gasteiger partial charge in [-0.05, 0) is 77.7 Å². The van der Waals surface area contributed by atoms with Crippen molar-refractivity contribution >= 4 is 34.8 Å². The second-order valence-electron chi connectivity index (χ2n) is 11.2. The lowest BCUT2D eigenvalue weighted by molar-refractivity contribution is 0.0594. The molecule has 1 aliphatic heterocycles. The van der Waals surface area contributed by atoms with Gasteiger partial charge in [0.1, 0.15) is 11.4 Å². The molecule has 44 heavy (non-hydrogen) atoms. The maximum Gasteiger partial charge on any atom is 0.357 e. The molecule has 4 aromatic rings. The molecule has 0 saturated carbocycles. The summed E-state index contributed by atoms with van der Waals surface area (Å²) >= 11 is 1.59. The number of ether oxygens (including phenoxy) is 2. The SMILES string of the molecule is COC(=O)c1nc(C(=O)NCC(C)C)ccc1-c1cc2c(cc1C(=O)Nc1c(C)cc(CN)cc1C)-c1sccc1CCO2. The van der Waals surface area contributed by atoms with Gasteiger partial charge in [-0.25, -0.2) is 9.78 Å². The number of pyridine rings is 1. The first-order chi connectivity index (χ1) is 21.1. The molecule has 0 fully saturated rings. The van der Waals surface area contributed by atoms with Crippen molar-refractivity contribution in [3.63, 3.8) is 0 Å². The highest BCUT2D eigenvalue weighted by molar-refractivity contribution is 7.13. The van der Waals surface area contributed by atoms with E-state index in [0.29, 0.717) is 47.8 Å². The number of methoxy groups -OCH3 is 1. The fourth-order valence-electron chi connectivity index (χ4n) is 5.32. The Balaban J connectivity index is 1.68. The molecule has 0 unspecified atom stereocenters. The zero-order chi connectivity index (χ0) is 31.5. The number of fused-ring (bicyclic) bond motifs is 3. The number of rotatable bonds is 8. The molecule has 0 atom stereocenters. The number of nitrogens with one attached hydrogen (secondary N) is 2. The predicted octanol–water partition coefficient (Wildman–Crippen LogP) is 5.91. The number of aryl methyl sites for hydroxylation is 2. The Bertz CT molecular complexity index is 1740. The minimum Gasteiger partial charge on any atom is -0.493 e. The second-order valence-corrected chi connectivity index (χ2v) is 12.1.